The number of benzene rings is 2. The lowest BCUT2D eigenvalue weighted by molar-refractivity contribution is 0.147. The Kier molecular flexibility index (Phi) is 5.74. The summed E-state index contributed by atoms with van der Waals surface area (Å²) in [7, 11) is 1.99. The fourth-order valence-corrected chi connectivity index (χ4v) is 2.33. The first kappa shape index (κ1) is 16.0. The van der Waals surface area contributed by atoms with E-state index in [0.29, 0.717) is 12.0 Å². The smallest absolute Gasteiger partial charge is 0.123 e. The largest absolute Gasteiger partial charge is 0.388 e. The highest BCUT2D eigenvalue weighted by Gasteiger charge is 2.10. The van der Waals surface area contributed by atoms with Crippen LogP contribution in [0.25, 0.3) is 0 Å². The summed E-state index contributed by atoms with van der Waals surface area (Å²) in [6.45, 7) is 1.51. The van der Waals surface area contributed by atoms with E-state index in [2.05, 4.69) is 4.90 Å². The third kappa shape index (κ3) is 5.12. The fraction of sp³-hybridized carbons (Fsp3) is 0.294. The predicted octanol–water partition coefficient (Wildman–Crippen LogP) is 4.03. The zero-order valence-electron chi connectivity index (χ0n) is 12.0. The molecule has 0 heterocycles. The molecule has 112 valence electrons. The molecule has 21 heavy (non-hydrogen) atoms. The Morgan fingerprint density at radius 2 is 1.90 bits per heavy atom. The topological polar surface area (TPSA) is 23.5 Å². The van der Waals surface area contributed by atoms with Crippen molar-refractivity contribution < 1.29 is 9.50 Å². The molecule has 1 unspecified atom stereocenters. The minimum atomic E-state index is -0.645. The quantitative estimate of drug-likeness (QED) is 0.871. The first-order chi connectivity index (χ1) is 10.0. The summed E-state index contributed by atoms with van der Waals surface area (Å²) in [5, 5.41) is 10.8. The summed E-state index contributed by atoms with van der Waals surface area (Å²) in [5.74, 6) is -0.318. The average molecular weight is 308 g/mol. The molecule has 2 aromatic rings. The minimum absolute atomic E-state index is 0.318. The Labute approximate surface area is 129 Å². The van der Waals surface area contributed by atoms with Crippen molar-refractivity contribution in [1.82, 2.24) is 4.90 Å². The van der Waals surface area contributed by atoms with E-state index < -0.39 is 6.10 Å². The van der Waals surface area contributed by atoms with E-state index in [4.69, 9.17) is 11.6 Å². The number of nitrogens with zero attached hydrogens (tertiary/aromatic N) is 1. The van der Waals surface area contributed by atoms with Crippen LogP contribution in [-0.2, 0) is 6.54 Å². The van der Waals surface area contributed by atoms with E-state index in [1.54, 1.807) is 12.1 Å². The van der Waals surface area contributed by atoms with Crippen molar-refractivity contribution in [2.75, 3.05) is 13.6 Å². The molecular weight excluding hydrogens is 289 g/mol. The van der Waals surface area contributed by atoms with Crippen molar-refractivity contribution in [3.63, 3.8) is 0 Å². The SMILES string of the molecule is CN(CCC(O)c1cccc(F)c1)Cc1ccc(Cl)cc1. The van der Waals surface area contributed by atoms with Crippen LogP contribution in [0.5, 0.6) is 0 Å². The molecule has 4 heteroatoms. The Bertz CT molecular complexity index is 573. The number of aliphatic hydroxyl groups excluding tert-OH is 1. The highest BCUT2D eigenvalue weighted by Crippen LogP contribution is 2.18. The van der Waals surface area contributed by atoms with Crippen molar-refractivity contribution in [2.24, 2.45) is 0 Å². The van der Waals surface area contributed by atoms with Gasteiger partial charge in [-0.2, -0.15) is 0 Å². The van der Waals surface area contributed by atoms with E-state index in [1.165, 1.54) is 17.7 Å². The molecule has 0 radical (unpaired) electrons. The van der Waals surface area contributed by atoms with E-state index in [0.717, 1.165) is 18.1 Å². The van der Waals surface area contributed by atoms with Gasteiger partial charge in [0.05, 0.1) is 6.10 Å². The van der Waals surface area contributed by atoms with Crippen LogP contribution in [0.3, 0.4) is 0 Å². The summed E-state index contributed by atoms with van der Waals surface area (Å²) in [4.78, 5) is 2.12. The highest BCUT2D eigenvalue weighted by atomic mass is 35.5. The molecule has 0 bridgehead atoms. The molecule has 1 atom stereocenters. The molecule has 0 spiro atoms. The summed E-state index contributed by atoms with van der Waals surface area (Å²) in [6, 6.07) is 13.8. The van der Waals surface area contributed by atoms with Crippen molar-refractivity contribution >= 4 is 11.6 Å². The second kappa shape index (κ2) is 7.55. The van der Waals surface area contributed by atoms with Gasteiger partial charge < -0.3 is 10.0 Å². The Balaban J connectivity index is 1.83. The van der Waals surface area contributed by atoms with Gasteiger partial charge in [-0.05, 0) is 48.9 Å². The van der Waals surface area contributed by atoms with Gasteiger partial charge in [-0.1, -0.05) is 35.9 Å². The van der Waals surface area contributed by atoms with Crippen molar-refractivity contribution in [3.05, 3.63) is 70.5 Å². The van der Waals surface area contributed by atoms with E-state index in [-0.39, 0.29) is 5.82 Å². The molecule has 0 saturated carbocycles. The van der Waals surface area contributed by atoms with Crippen molar-refractivity contribution in [2.45, 2.75) is 19.1 Å². The fourth-order valence-electron chi connectivity index (χ4n) is 2.20. The van der Waals surface area contributed by atoms with Crippen LogP contribution in [-0.4, -0.2) is 23.6 Å². The molecule has 0 amide bonds. The molecule has 2 aromatic carbocycles. The van der Waals surface area contributed by atoms with Gasteiger partial charge in [0, 0.05) is 18.1 Å². The zero-order valence-corrected chi connectivity index (χ0v) is 12.7. The molecule has 0 aliphatic rings. The van der Waals surface area contributed by atoms with Crippen LogP contribution in [0.4, 0.5) is 4.39 Å². The van der Waals surface area contributed by atoms with Gasteiger partial charge in [0.15, 0.2) is 0 Å². The molecule has 0 saturated heterocycles. The molecule has 2 nitrogen and oxygen atoms in total. The van der Waals surface area contributed by atoms with Crippen molar-refractivity contribution in [3.8, 4) is 0 Å². The van der Waals surface area contributed by atoms with Crippen LogP contribution in [0, 0.1) is 5.82 Å². The number of hydrogen-bond donors (Lipinski definition) is 1. The standard InChI is InChI=1S/C17H19ClFNO/c1-20(12-13-5-7-15(18)8-6-13)10-9-17(21)14-3-2-4-16(19)11-14/h2-8,11,17,21H,9-10,12H2,1H3. The Morgan fingerprint density at radius 1 is 1.19 bits per heavy atom. The first-order valence-corrected chi connectivity index (χ1v) is 7.29. The number of aliphatic hydroxyl groups is 1. The monoisotopic (exact) mass is 307 g/mol. The van der Waals surface area contributed by atoms with Gasteiger partial charge in [-0.3, -0.25) is 0 Å². The van der Waals surface area contributed by atoms with Gasteiger partial charge in [0.1, 0.15) is 5.82 Å². The molecule has 0 aromatic heterocycles. The minimum Gasteiger partial charge on any atom is -0.388 e. The van der Waals surface area contributed by atoms with E-state index in [9.17, 15) is 9.50 Å². The number of hydrogen-bond acceptors (Lipinski definition) is 2. The van der Waals surface area contributed by atoms with Gasteiger partial charge in [0.2, 0.25) is 0 Å². The number of halogens is 2. The highest BCUT2D eigenvalue weighted by molar-refractivity contribution is 6.30. The first-order valence-electron chi connectivity index (χ1n) is 6.91. The third-order valence-corrected chi connectivity index (χ3v) is 3.64. The second-order valence-corrected chi connectivity index (χ2v) is 5.66. The summed E-state index contributed by atoms with van der Waals surface area (Å²) >= 11 is 5.85. The summed E-state index contributed by atoms with van der Waals surface area (Å²) < 4.78 is 13.1. The molecule has 0 aliphatic heterocycles. The van der Waals surface area contributed by atoms with Crippen LogP contribution in [0.15, 0.2) is 48.5 Å². The average Bonchev–Trinajstić information content (AvgIpc) is 2.47. The molecule has 2 rings (SSSR count). The van der Waals surface area contributed by atoms with E-state index in [1.807, 2.05) is 31.3 Å². The van der Waals surface area contributed by atoms with Crippen molar-refractivity contribution in [1.29, 1.82) is 0 Å². The maximum atomic E-state index is 13.1. The number of rotatable bonds is 6. The normalized spacial score (nSPS) is 12.6. The molecule has 1 N–H and O–H groups in total. The molecular formula is C17H19ClFNO. The second-order valence-electron chi connectivity index (χ2n) is 5.22. The lowest BCUT2D eigenvalue weighted by atomic mass is 10.1. The summed E-state index contributed by atoms with van der Waals surface area (Å²) in [6.07, 6.45) is -0.0820. The molecule has 0 aliphatic carbocycles. The lowest BCUT2D eigenvalue weighted by Crippen LogP contribution is -2.20. The zero-order chi connectivity index (χ0) is 15.2. The van der Waals surface area contributed by atoms with Gasteiger partial charge >= 0.3 is 0 Å². The van der Waals surface area contributed by atoms with Crippen LogP contribution >= 0.6 is 11.6 Å². The maximum absolute atomic E-state index is 13.1. The molecule has 0 fully saturated rings. The van der Waals surface area contributed by atoms with Crippen LogP contribution in [0.1, 0.15) is 23.7 Å². The van der Waals surface area contributed by atoms with E-state index >= 15 is 0 Å². The third-order valence-electron chi connectivity index (χ3n) is 3.38. The summed E-state index contributed by atoms with van der Waals surface area (Å²) in [5.41, 5.74) is 1.79. The Hall–Kier alpha value is -1.42. The Morgan fingerprint density at radius 3 is 2.57 bits per heavy atom. The van der Waals surface area contributed by atoms with Crippen LogP contribution < -0.4 is 0 Å². The predicted molar refractivity (Wildman–Crippen MR) is 83.8 cm³/mol. The van der Waals surface area contributed by atoms with Gasteiger partial charge in [-0.15, -0.1) is 0 Å². The maximum Gasteiger partial charge on any atom is 0.123 e. The van der Waals surface area contributed by atoms with Crippen LogP contribution in [0.2, 0.25) is 5.02 Å². The lowest BCUT2D eigenvalue weighted by Gasteiger charge is -2.19. The van der Waals surface area contributed by atoms with Gasteiger partial charge in [-0.25, -0.2) is 4.39 Å². The van der Waals surface area contributed by atoms with Gasteiger partial charge in [0.25, 0.3) is 0 Å².